The molecule has 0 fully saturated rings. The monoisotopic (exact) mass is 289 g/mol. The molecule has 0 saturated heterocycles. The highest BCUT2D eigenvalue weighted by Gasteiger charge is 2.10. The van der Waals surface area contributed by atoms with Crippen molar-refractivity contribution in [2.75, 3.05) is 11.1 Å². The van der Waals surface area contributed by atoms with Gasteiger partial charge in [-0.25, -0.2) is 9.97 Å². The third-order valence-electron chi connectivity index (χ3n) is 3.11. The Bertz CT molecular complexity index is 785. The van der Waals surface area contributed by atoms with Crippen LogP contribution in [0.3, 0.4) is 0 Å². The summed E-state index contributed by atoms with van der Waals surface area (Å²) in [6, 6.07) is 13.5. The fourth-order valence-electron chi connectivity index (χ4n) is 2.03. The number of rotatable bonds is 4. The molecule has 5 nitrogen and oxygen atoms in total. The average Bonchev–Trinajstić information content (AvgIpc) is 2.57. The molecule has 2 heterocycles. The Labute approximate surface area is 128 Å². The predicted octanol–water partition coefficient (Wildman–Crippen LogP) is 3.20. The van der Waals surface area contributed by atoms with E-state index in [0.29, 0.717) is 22.9 Å². The molecule has 0 bridgehead atoms. The summed E-state index contributed by atoms with van der Waals surface area (Å²) in [4.78, 5) is 12.8. The summed E-state index contributed by atoms with van der Waals surface area (Å²) in [5.41, 5.74) is 9.56. The molecule has 5 heteroatoms. The Balaban J connectivity index is 1.91. The number of hydrogen-bond donors (Lipinski definition) is 2. The van der Waals surface area contributed by atoms with Crippen LogP contribution < -0.4 is 11.1 Å². The van der Waals surface area contributed by atoms with Gasteiger partial charge in [-0.3, -0.25) is 4.98 Å². The largest absolute Gasteiger partial charge is 0.382 e. The molecule has 1 aromatic carbocycles. The van der Waals surface area contributed by atoms with Gasteiger partial charge in [0.25, 0.3) is 0 Å². The molecule has 0 aliphatic carbocycles. The molecule has 3 N–H and O–H groups in total. The van der Waals surface area contributed by atoms with Crippen LogP contribution in [0.25, 0.3) is 17.0 Å². The average molecular weight is 289 g/mol. The van der Waals surface area contributed by atoms with Crippen LogP contribution in [-0.4, -0.2) is 15.0 Å². The highest BCUT2D eigenvalue weighted by molar-refractivity contribution is 5.78. The topological polar surface area (TPSA) is 76.7 Å². The lowest BCUT2D eigenvalue weighted by Gasteiger charge is -2.12. The minimum Gasteiger partial charge on any atom is -0.382 e. The molecule has 3 aromatic rings. The van der Waals surface area contributed by atoms with Crippen LogP contribution >= 0.6 is 0 Å². The molecular formula is C17H15N5. The summed E-state index contributed by atoms with van der Waals surface area (Å²) in [7, 11) is 0. The molecule has 2 aromatic heterocycles. The van der Waals surface area contributed by atoms with Gasteiger partial charge < -0.3 is 11.1 Å². The van der Waals surface area contributed by atoms with Crippen molar-refractivity contribution in [3.8, 4) is 11.3 Å². The minimum absolute atomic E-state index is 0.334. The van der Waals surface area contributed by atoms with Crippen LogP contribution in [0.2, 0.25) is 0 Å². The van der Waals surface area contributed by atoms with Crippen LogP contribution in [0, 0.1) is 0 Å². The summed E-state index contributed by atoms with van der Waals surface area (Å²) in [5.74, 6) is 0.334. The van der Waals surface area contributed by atoms with Crippen molar-refractivity contribution in [2.24, 2.45) is 0 Å². The molecule has 0 aliphatic rings. The molecule has 22 heavy (non-hydrogen) atoms. The number of nitrogens with two attached hydrogens (primary N) is 1. The smallest absolute Gasteiger partial charge is 0.151 e. The first-order valence-corrected chi connectivity index (χ1v) is 6.78. The van der Waals surface area contributed by atoms with Crippen molar-refractivity contribution in [3.63, 3.8) is 0 Å². The summed E-state index contributed by atoms with van der Waals surface area (Å²) >= 11 is 0. The van der Waals surface area contributed by atoms with E-state index in [0.717, 1.165) is 11.3 Å². The van der Waals surface area contributed by atoms with Gasteiger partial charge in [0.15, 0.2) is 5.82 Å². The number of benzene rings is 1. The number of nitrogens with one attached hydrogen (secondary N) is 1. The second-order valence-electron chi connectivity index (χ2n) is 4.70. The lowest BCUT2D eigenvalue weighted by Crippen LogP contribution is -2.06. The molecule has 0 amide bonds. The number of nitrogen functional groups attached to an aromatic ring is 1. The van der Waals surface area contributed by atoms with Gasteiger partial charge in [0.05, 0.1) is 17.6 Å². The van der Waals surface area contributed by atoms with E-state index >= 15 is 0 Å². The Morgan fingerprint density at radius 2 is 1.86 bits per heavy atom. The highest BCUT2D eigenvalue weighted by Crippen LogP contribution is 2.22. The Hall–Kier alpha value is -3.21. The second kappa shape index (κ2) is 6.05. The maximum Gasteiger partial charge on any atom is 0.151 e. The van der Waals surface area contributed by atoms with Crippen molar-refractivity contribution in [1.29, 1.82) is 0 Å². The number of nitrogens with zero attached hydrogens (tertiary/aromatic N) is 3. The Kier molecular flexibility index (Phi) is 3.78. The van der Waals surface area contributed by atoms with E-state index in [9.17, 15) is 0 Å². The maximum absolute atomic E-state index is 5.93. The van der Waals surface area contributed by atoms with Crippen molar-refractivity contribution >= 4 is 17.2 Å². The van der Waals surface area contributed by atoms with Crippen molar-refractivity contribution in [3.05, 3.63) is 73.3 Å². The molecule has 108 valence electrons. The Morgan fingerprint density at radius 1 is 1.05 bits per heavy atom. The third-order valence-corrected chi connectivity index (χ3v) is 3.11. The van der Waals surface area contributed by atoms with Crippen LogP contribution in [-0.2, 0) is 0 Å². The first kappa shape index (κ1) is 13.8. The first-order valence-electron chi connectivity index (χ1n) is 6.78. The standard InChI is InChI=1S/C17H15N5/c1-12(21-14-7-3-2-4-8-14)16-17(18)20-11-15(22-16)13-6-5-9-19-10-13/h2-11,21H,1H2,(H2,18,20). The number of pyridine rings is 1. The molecule has 0 atom stereocenters. The van der Waals surface area contributed by atoms with E-state index in [2.05, 4.69) is 26.8 Å². The summed E-state index contributed by atoms with van der Waals surface area (Å²) in [6.45, 7) is 4.01. The maximum atomic E-state index is 5.93. The van der Waals surface area contributed by atoms with Gasteiger partial charge in [0.1, 0.15) is 5.69 Å². The van der Waals surface area contributed by atoms with E-state index in [1.54, 1.807) is 18.6 Å². The lowest BCUT2D eigenvalue weighted by atomic mass is 10.2. The summed E-state index contributed by atoms with van der Waals surface area (Å²) in [6.07, 6.45) is 5.08. The van der Waals surface area contributed by atoms with Gasteiger partial charge >= 0.3 is 0 Å². The van der Waals surface area contributed by atoms with Gasteiger partial charge in [0, 0.05) is 23.6 Å². The second-order valence-corrected chi connectivity index (χ2v) is 4.70. The lowest BCUT2D eigenvalue weighted by molar-refractivity contribution is 1.17. The molecule has 0 radical (unpaired) electrons. The number of hydrogen-bond acceptors (Lipinski definition) is 5. The summed E-state index contributed by atoms with van der Waals surface area (Å²) in [5, 5.41) is 3.19. The van der Waals surface area contributed by atoms with E-state index in [1.165, 1.54) is 0 Å². The quantitative estimate of drug-likeness (QED) is 0.771. The fraction of sp³-hybridized carbons (Fsp3) is 0. The first-order chi connectivity index (χ1) is 10.7. The van der Waals surface area contributed by atoms with E-state index in [-0.39, 0.29) is 0 Å². The number of anilines is 2. The zero-order chi connectivity index (χ0) is 15.4. The third kappa shape index (κ3) is 2.93. The van der Waals surface area contributed by atoms with Crippen LogP contribution in [0.15, 0.2) is 67.6 Å². The molecule has 0 aliphatic heterocycles. The van der Waals surface area contributed by atoms with E-state index < -0.39 is 0 Å². The highest BCUT2D eigenvalue weighted by atomic mass is 15.0. The zero-order valence-electron chi connectivity index (χ0n) is 11.9. The van der Waals surface area contributed by atoms with Crippen molar-refractivity contribution < 1.29 is 0 Å². The van der Waals surface area contributed by atoms with Gasteiger partial charge in [-0.2, -0.15) is 0 Å². The molecule has 3 rings (SSSR count). The fourth-order valence-corrected chi connectivity index (χ4v) is 2.03. The van der Waals surface area contributed by atoms with Crippen LogP contribution in [0.1, 0.15) is 5.69 Å². The normalized spacial score (nSPS) is 10.2. The van der Waals surface area contributed by atoms with Crippen LogP contribution in [0.5, 0.6) is 0 Å². The zero-order valence-corrected chi connectivity index (χ0v) is 11.9. The Morgan fingerprint density at radius 3 is 2.59 bits per heavy atom. The van der Waals surface area contributed by atoms with Gasteiger partial charge in [0.2, 0.25) is 0 Å². The molecule has 0 unspecified atom stereocenters. The van der Waals surface area contributed by atoms with Crippen LogP contribution in [0.4, 0.5) is 11.5 Å². The number of para-hydroxylation sites is 1. The van der Waals surface area contributed by atoms with Gasteiger partial charge in [-0.1, -0.05) is 24.8 Å². The SMILES string of the molecule is C=C(Nc1ccccc1)c1nc(-c2cccnc2)cnc1N. The van der Waals surface area contributed by atoms with E-state index in [4.69, 9.17) is 5.73 Å². The van der Waals surface area contributed by atoms with Crippen molar-refractivity contribution in [2.45, 2.75) is 0 Å². The predicted molar refractivity (Wildman–Crippen MR) is 88.8 cm³/mol. The molecule has 0 spiro atoms. The van der Waals surface area contributed by atoms with E-state index in [1.807, 2.05) is 42.5 Å². The van der Waals surface area contributed by atoms with Crippen molar-refractivity contribution in [1.82, 2.24) is 15.0 Å². The van der Waals surface area contributed by atoms with Gasteiger partial charge in [-0.05, 0) is 24.3 Å². The minimum atomic E-state index is 0.334. The number of aromatic nitrogens is 3. The molecule has 0 saturated carbocycles. The van der Waals surface area contributed by atoms with Gasteiger partial charge in [-0.15, -0.1) is 0 Å². The summed E-state index contributed by atoms with van der Waals surface area (Å²) < 4.78 is 0. The molecular weight excluding hydrogens is 274 g/mol.